The van der Waals surface area contributed by atoms with Crippen LogP contribution in [0.1, 0.15) is 61.8 Å². The van der Waals surface area contributed by atoms with E-state index in [2.05, 4.69) is 19.1 Å². The molecule has 1 saturated carbocycles. The maximum absolute atomic E-state index is 10.8. The van der Waals surface area contributed by atoms with Gasteiger partial charge in [0.25, 0.3) is 0 Å². The van der Waals surface area contributed by atoms with Crippen LogP contribution in [-0.2, 0) is 0 Å². The number of aryl methyl sites for hydroxylation is 2. The zero-order chi connectivity index (χ0) is 14.0. The first kappa shape index (κ1) is 14.4. The molecule has 1 fully saturated rings. The quantitative estimate of drug-likeness (QED) is 0.879. The van der Waals surface area contributed by atoms with Crippen molar-refractivity contribution < 1.29 is 9.84 Å². The lowest BCUT2D eigenvalue weighted by molar-refractivity contribution is 0.00809. The predicted octanol–water partition coefficient (Wildman–Crippen LogP) is 4.32. The van der Waals surface area contributed by atoms with Gasteiger partial charge in [-0.1, -0.05) is 26.2 Å². The Labute approximate surface area is 116 Å². The summed E-state index contributed by atoms with van der Waals surface area (Å²) >= 11 is 0. The summed E-state index contributed by atoms with van der Waals surface area (Å²) in [6.07, 6.45) is 5.67. The molecule has 0 radical (unpaired) electrons. The second-order valence-electron chi connectivity index (χ2n) is 6.31. The molecule has 0 spiro atoms. The van der Waals surface area contributed by atoms with E-state index in [1.807, 2.05) is 13.8 Å². The summed E-state index contributed by atoms with van der Waals surface area (Å²) in [5.41, 5.74) is 3.29. The molecule has 1 aliphatic rings. The van der Waals surface area contributed by atoms with Crippen LogP contribution in [-0.4, -0.2) is 12.2 Å². The number of hydrogen-bond acceptors (Lipinski definition) is 2. The molecule has 1 aromatic rings. The van der Waals surface area contributed by atoms with Crippen molar-refractivity contribution in [3.63, 3.8) is 0 Å². The summed E-state index contributed by atoms with van der Waals surface area (Å²) in [5, 5.41) is 10.8. The van der Waals surface area contributed by atoms with Crippen molar-refractivity contribution in [2.75, 3.05) is 7.11 Å². The predicted molar refractivity (Wildman–Crippen MR) is 78.6 cm³/mol. The average molecular weight is 262 g/mol. The maximum Gasteiger partial charge on any atom is 0.124 e. The van der Waals surface area contributed by atoms with E-state index in [0.29, 0.717) is 0 Å². The van der Waals surface area contributed by atoms with Crippen molar-refractivity contribution in [2.24, 2.45) is 5.41 Å². The second-order valence-corrected chi connectivity index (χ2v) is 6.31. The van der Waals surface area contributed by atoms with Crippen molar-refractivity contribution in [3.8, 4) is 5.75 Å². The lowest BCUT2D eigenvalue weighted by atomic mass is 9.70. The fourth-order valence-electron chi connectivity index (χ4n) is 3.50. The summed E-state index contributed by atoms with van der Waals surface area (Å²) in [6, 6.07) is 4.16. The van der Waals surface area contributed by atoms with E-state index in [9.17, 15) is 5.11 Å². The Hall–Kier alpha value is -1.02. The van der Waals surface area contributed by atoms with E-state index in [4.69, 9.17) is 4.74 Å². The molecule has 106 valence electrons. The van der Waals surface area contributed by atoms with E-state index in [0.717, 1.165) is 35.3 Å². The van der Waals surface area contributed by atoms with Crippen LogP contribution in [0.25, 0.3) is 0 Å². The molecule has 2 rings (SSSR count). The molecule has 0 bridgehead atoms. The summed E-state index contributed by atoms with van der Waals surface area (Å²) < 4.78 is 5.40. The molecule has 1 N–H and O–H groups in total. The van der Waals surface area contributed by atoms with Gasteiger partial charge in [0.15, 0.2) is 0 Å². The fourth-order valence-corrected chi connectivity index (χ4v) is 3.50. The molecule has 2 nitrogen and oxygen atoms in total. The Morgan fingerprint density at radius 2 is 1.63 bits per heavy atom. The summed E-state index contributed by atoms with van der Waals surface area (Å²) in [7, 11) is 1.70. The molecule has 0 amide bonds. The topological polar surface area (TPSA) is 29.5 Å². The van der Waals surface area contributed by atoms with E-state index in [1.54, 1.807) is 7.11 Å². The van der Waals surface area contributed by atoms with Crippen molar-refractivity contribution in [1.82, 2.24) is 0 Å². The SMILES string of the molecule is COc1c(C)cc(C(O)C2(C)CCCCC2)cc1C. The monoisotopic (exact) mass is 262 g/mol. The number of methoxy groups -OCH3 is 1. The van der Waals surface area contributed by atoms with Crippen molar-refractivity contribution in [3.05, 3.63) is 28.8 Å². The van der Waals surface area contributed by atoms with Gasteiger partial charge in [-0.25, -0.2) is 0 Å². The van der Waals surface area contributed by atoms with Crippen molar-refractivity contribution >= 4 is 0 Å². The minimum Gasteiger partial charge on any atom is -0.496 e. The number of rotatable bonds is 3. The normalized spacial score (nSPS) is 20.1. The van der Waals surface area contributed by atoms with Gasteiger partial charge in [-0.15, -0.1) is 0 Å². The van der Waals surface area contributed by atoms with Gasteiger partial charge in [0.05, 0.1) is 13.2 Å². The van der Waals surface area contributed by atoms with Crippen LogP contribution < -0.4 is 4.74 Å². The number of benzene rings is 1. The number of ether oxygens (including phenoxy) is 1. The summed E-state index contributed by atoms with van der Waals surface area (Å²) in [4.78, 5) is 0. The third-order valence-corrected chi connectivity index (χ3v) is 4.66. The van der Waals surface area contributed by atoms with E-state index in [1.165, 1.54) is 19.3 Å². The number of aliphatic hydroxyl groups excluding tert-OH is 1. The second kappa shape index (κ2) is 5.54. The highest BCUT2D eigenvalue weighted by atomic mass is 16.5. The third-order valence-electron chi connectivity index (χ3n) is 4.66. The first-order valence-electron chi connectivity index (χ1n) is 7.31. The zero-order valence-corrected chi connectivity index (χ0v) is 12.6. The Morgan fingerprint density at radius 3 is 2.11 bits per heavy atom. The first-order valence-corrected chi connectivity index (χ1v) is 7.31. The van der Waals surface area contributed by atoms with Crippen molar-refractivity contribution in [2.45, 2.75) is 59.0 Å². The van der Waals surface area contributed by atoms with E-state index < -0.39 is 0 Å². The van der Waals surface area contributed by atoms with Crippen LogP contribution >= 0.6 is 0 Å². The van der Waals surface area contributed by atoms with Crippen molar-refractivity contribution in [1.29, 1.82) is 0 Å². The molecule has 19 heavy (non-hydrogen) atoms. The summed E-state index contributed by atoms with van der Waals surface area (Å²) in [6.45, 7) is 6.32. The minimum absolute atomic E-state index is 0.0335. The fraction of sp³-hybridized carbons (Fsp3) is 0.647. The zero-order valence-electron chi connectivity index (χ0n) is 12.6. The molecule has 0 heterocycles. The van der Waals surface area contributed by atoms with Crippen LogP contribution in [0.5, 0.6) is 5.75 Å². The van der Waals surface area contributed by atoms with Crippen LogP contribution in [0.3, 0.4) is 0 Å². The van der Waals surface area contributed by atoms with Gasteiger partial charge in [0.2, 0.25) is 0 Å². The highest BCUT2D eigenvalue weighted by Crippen LogP contribution is 2.46. The molecule has 1 aliphatic carbocycles. The summed E-state index contributed by atoms with van der Waals surface area (Å²) in [5.74, 6) is 0.935. The molecule has 0 aliphatic heterocycles. The Kier molecular flexibility index (Phi) is 4.19. The smallest absolute Gasteiger partial charge is 0.124 e. The number of hydrogen-bond donors (Lipinski definition) is 1. The lowest BCUT2D eigenvalue weighted by Gasteiger charge is -2.38. The third kappa shape index (κ3) is 2.79. The minimum atomic E-state index is -0.365. The number of aliphatic hydroxyl groups is 1. The van der Waals surface area contributed by atoms with Crippen LogP contribution in [0.2, 0.25) is 0 Å². The van der Waals surface area contributed by atoms with Gasteiger partial charge < -0.3 is 9.84 Å². The molecule has 0 saturated heterocycles. The maximum atomic E-state index is 10.8. The Balaban J connectivity index is 2.31. The van der Waals surface area contributed by atoms with Gasteiger partial charge in [0.1, 0.15) is 5.75 Å². The van der Waals surface area contributed by atoms with Gasteiger partial charge in [0, 0.05) is 0 Å². The molecule has 1 unspecified atom stereocenters. The Bertz CT molecular complexity index is 422. The largest absolute Gasteiger partial charge is 0.496 e. The molecule has 1 aromatic carbocycles. The van der Waals surface area contributed by atoms with Crippen LogP contribution in [0, 0.1) is 19.3 Å². The first-order chi connectivity index (χ1) is 8.98. The molecular formula is C17H26O2. The highest BCUT2D eigenvalue weighted by Gasteiger charge is 2.35. The molecular weight excluding hydrogens is 236 g/mol. The van der Waals surface area contributed by atoms with E-state index in [-0.39, 0.29) is 11.5 Å². The van der Waals surface area contributed by atoms with Gasteiger partial charge >= 0.3 is 0 Å². The van der Waals surface area contributed by atoms with Gasteiger partial charge in [-0.2, -0.15) is 0 Å². The van der Waals surface area contributed by atoms with Crippen LogP contribution in [0.4, 0.5) is 0 Å². The van der Waals surface area contributed by atoms with Gasteiger partial charge in [-0.3, -0.25) is 0 Å². The van der Waals surface area contributed by atoms with Crippen LogP contribution in [0.15, 0.2) is 12.1 Å². The Morgan fingerprint density at radius 1 is 1.11 bits per heavy atom. The molecule has 1 atom stereocenters. The lowest BCUT2D eigenvalue weighted by Crippen LogP contribution is -2.28. The standard InChI is InChI=1S/C17H26O2/c1-12-10-14(11-13(2)15(12)19-4)16(18)17(3)8-6-5-7-9-17/h10-11,16,18H,5-9H2,1-4H3. The van der Waals surface area contributed by atoms with E-state index >= 15 is 0 Å². The average Bonchev–Trinajstić information content (AvgIpc) is 2.38. The molecule has 2 heteroatoms. The molecule has 0 aromatic heterocycles. The van der Waals surface area contributed by atoms with Gasteiger partial charge in [-0.05, 0) is 60.9 Å². The highest BCUT2D eigenvalue weighted by molar-refractivity contribution is 5.44.